The number of aromatic nitrogens is 2. The molecule has 2 aromatic carbocycles. The molecule has 3 aromatic rings. The maximum absolute atomic E-state index is 6.37. The maximum atomic E-state index is 6.37. The van der Waals surface area contributed by atoms with E-state index >= 15 is 0 Å². The van der Waals surface area contributed by atoms with Crippen LogP contribution in [0.1, 0.15) is 11.1 Å². The first-order valence-corrected chi connectivity index (χ1v) is 8.84. The SMILES string of the molecule is Cc1ccc(N2C(N)=C(N)N(c3ccc(C)c(Cl)c3)c3nonc32)cc1Cl. The molecule has 0 amide bonds. The molecule has 0 saturated carbocycles. The van der Waals surface area contributed by atoms with Gasteiger partial charge in [-0.2, -0.15) is 0 Å². The number of hydrogen-bond acceptors (Lipinski definition) is 7. The molecule has 4 N–H and O–H groups in total. The molecule has 27 heavy (non-hydrogen) atoms. The zero-order chi connectivity index (χ0) is 19.3. The van der Waals surface area contributed by atoms with Crippen molar-refractivity contribution in [2.45, 2.75) is 13.8 Å². The Balaban J connectivity index is 1.88. The predicted octanol–water partition coefficient (Wildman–Crippen LogP) is 4.33. The Morgan fingerprint density at radius 3 is 1.56 bits per heavy atom. The molecule has 0 saturated heterocycles. The van der Waals surface area contributed by atoms with Crippen LogP contribution in [0.25, 0.3) is 0 Å². The maximum Gasteiger partial charge on any atom is 0.229 e. The molecule has 0 aliphatic carbocycles. The predicted molar refractivity (Wildman–Crippen MR) is 106 cm³/mol. The summed E-state index contributed by atoms with van der Waals surface area (Å²) in [6.07, 6.45) is 0. The van der Waals surface area contributed by atoms with Gasteiger partial charge in [0, 0.05) is 10.0 Å². The Morgan fingerprint density at radius 2 is 1.19 bits per heavy atom. The fourth-order valence-corrected chi connectivity index (χ4v) is 3.23. The minimum Gasteiger partial charge on any atom is -0.382 e. The molecule has 4 rings (SSSR count). The van der Waals surface area contributed by atoms with Crippen molar-refractivity contribution in [1.82, 2.24) is 10.3 Å². The van der Waals surface area contributed by atoms with Crippen LogP contribution in [0.3, 0.4) is 0 Å². The monoisotopic (exact) mass is 402 g/mol. The number of nitrogens with zero attached hydrogens (tertiary/aromatic N) is 4. The Bertz CT molecular complexity index is 995. The zero-order valence-corrected chi connectivity index (χ0v) is 16.1. The molecular weight excluding hydrogens is 387 g/mol. The van der Waals surface area contributed by atoms with Gasteiger partial charge in [-0.15, -0.1) is 0 Å². The van der Waals surface area contributed by atoms with Gasteiger partial charge in [0.1, 0.15) is 0 Å². The van der Waals surface area contributed by atoms with Crippen molar-refractivity contribution in [3.63, 3.8) is 0 Å². The van der Waals surface area contributed by atoms with Gasteiger partial charge in [-0.25, -0.2) is 4.63 Å². The van der Waals surface area contributed by atoms with Crippen molar-refractivity contribution in [1.29, 1.82) is 0 Å². The van der Waals surface area contributed by atoms with Crippen molar-refractivity contribution in [2.75, 3.05) is 9.80 Å². The molecule has 0 fully saturated rings. The van der Waals surface area contributed by atoms with Gasteiger partial charge in [-0.1, -0.05) is 35.3 Å². The zero-order valence-electron chi connectivity index (χ0n) is 14.6. The van der Waals surface area contributed by atoms with E-state index in [2.05, 4.69) is 10.3 Å². The number of benzene rings is 2. The lowest BCUT2D eigenvalue weighted by Crippen LogP contribution is -2.38. The van der Waals surface area contributed by atoms with Crippen LogP contribution in [0.4, 0.5) is 23.0 Å². The summed E-state index contributed by atoms with van der Waals surface area (Å²) >= 11 is 12.6. The van der Waals surface area contributed by atoms with E-state index in [1.54, 1.807) is 21.9 Å². The summed E-state index contributed by atoms with van der Waals surface area (Å²) in [5, 5.41) is 9.24. The van der Waals surface area contributed by atoms with E-state index in [9.17, 15) is 0 Å². The highest BCUT2D eigenvalue weighted by atomic mass is 35.5. The van der Waals surface area contributed by atoms with Crippen LogP contribution in [0, 0.1) is 13.8 Å². The van der Waals surface area contributed by atoms with E-state index in [1.165, 1.54) is 0 Å². The van der Waals surface area contributed by atoms with E-state index in [1.807, 2.05) is 38.1 Å². The van der Waals surface area contributed by atoms with Crippen molar-refractivity contribution < 1.29 is 4.63 Å². The van der Waals surface area contributed by atoms with E-state index in [4.69, 9.17) is 39.3 Å². The van der Waals surface area contributed by atoms with Crippen LogP contribution >= 0.6 is 23.2 Å². The second-order valence-corrected chi connectivity index (χ2v) is 7.03. The highest BCUT2D eigenvalue weighted by molar-refractivity contribution is 6.32. The van der Waals surface area contributed by atoms with E-state index in [-0.39, 0.29) is 11.6 Å². The fraction of sp³-hybridized carbons (Fsp3) is 0.111. The van der Waals surface area contributed by atoms with Gasteiger partial charge in [0.2, 0.25) is 11.6 Å². The number of anilines is 4. The van der Waals surface area contributed by atoms with E-state index in [0.29, 0.717) is 33.1 Å². The van der Waals surface area contributed by atoms with E-state index in [0.717, 1.165) is 11.1 Å². The summed E-state index contributed by atoms with van der Waals surface area (Å²) in [5.41, 5.74) is 16.0. The first kappa shape index (κ1) is 17.5. The highest BCUT2D eigenvalue weighted by Crippen LogP contribution is 2.43. The van der Waals surface area contributed by atoms with Gasteiger partial charge in [-0.05, 0) is 59.6 Å². The molecule has 0 bridgehead atoms. The third kappa shape index (κ3) is 2.75. The van der Waals surface area contributed by atoms with Gasteiger partial charge < -0.3 is 11.5 Å². The lowest BCUT2D eigenvalue weighted by atomic mass is 10.1. The molecule has 1 aromatic heterocycles. The lowest BCUT2D eigenvalue weighted by Gasteiger charge is -2.34. The molecule has 0 atom stereocenters. The summed E-state index contributed by atoms with van der Waals surface area (Å²) in [7, 11) is 0. The number of halogens is 2. The van der Waals surface area contributed by atoms with Gasteiger partial charge in [0.15, 0.2) is 11.6 Å². The first-order chi connectivity index (χ1) is 12.9. The van der Waals surface area contributed by atoms with Crippen molar-refractivity contribution >= 4 is 46.2 Å². The molecule has 138 valence electrons. The minimum atomic E-state index is 0.273. The topological polar surface area (TPSA) is 97.4 Å². The van der Waals surface area contributed by atoms with Crippen LogP contribution in [0.5, 0.6) is 0 Å². The van der Waals surface area contributed by atoms with Crippen LogP contribution in [-0.2, 0) is 0 Å². The first-order valence-electron chi connectivity index (χ1n) is 8.09. The Kier molecular flexibility index (Phi) is 4.13. The number of nitrogens with two attached hydrogens (primary N) is 2. The summed E-state index contributed by atoms with van der Waals surface area (Å²) in [6, 6.07) is 11.1. The molecule has 1 aliphatic heterocycles. The molecule has 9 heteroatoms. The molecule has 0 spiro atoms. The molecular formula is C18H16Cl2N6O. The van der Waals surface area contributed by atoms with Gasteiger partial charge in [0.25, 0.3) is 0 Å². The molecule has 0 radical (unpaired) electrons. The van der Waals surface area contributed by atoms with E-state index < -0.39 is 0 Å². The number of aryl methyl sites for hydroxylation is 2. The Labute approximate surface area is 165 Å². The second kappa shape index (κ2) is 6.37. The van der Waals surface area contributed by atoms with Crippen LogP contribution in [0.15, 0.2) is 52.7 Å². The number of hydrogen-bond donors (Lipinski definition) is 2. The number of fused-ring (bicyclic) bond motifs is 1. The lowest BCUT2D eigenvalue weighted by molar-refractivity contribution is 0.309. The molecule has 7 nitrogen and oxygen atoms in total. The van der Waals surface area contributed by atoms with Crippen LogP contribution in [-0.4, -0.2) is 10.3 Å². The normalized spacial score (nSPS) is 13.9. The fourth-order valence-electron chi connectivity index (χ4n) is 2.88. The minimum absolute atomic E-state index is 0.273. The van der Waals surface area contributed by atoms with Gasteiger partial charge >= 0.3 is 0 Å². The number of rotatable bonds is 2. The van der Waals surface area contributed by atoms with Crippen molar-refractivity contribution in [3.05, 3.63) is 69.2 Å². The third-order valence-corrected chi connectivity index (χ3v) is 5.26. The van der Waals surface area contributed by atoms with Gasteiger partial charge in [-0.3, -0.25) is 9.80 Å². The molecule has 2 heterocycles. The average molecular weight is 403 g/mol. The standard InChI is InChI=1S/C18H16Cl2N6O/c1-9-3-5-11(7-13(9)19)25-15(21)16(22)26(18-17(25)23-27-24-18)12-6-4-10(2)14(20)8-12/h3-8H,21-22H2,1-2H3. The third-order valence-electron chi connectivity index (χ3n) is 4.45. The second-order valence-electron chi connectivity index (χ2n) is 6.22. The largest absolute Gasteiger partial charge is 0.382 e. The summed E-state index contributed by atoms with van der Waals surface area (Å²) in [4.78, 5) is 3.30. The summed E-state index contributed by atoms with van der Waals surface area (Å²) in [5.74, 6) is 1.35. The summed E-state index contributed by atoms with van der Waals surface area (Å²) in [6.45, 7) is 3.84. The molecule has 1 aliphatic rings. The smallest absolute Gasteiger partial charge is 0.229 e. The van der Waals surface area contributed by atoms with Crippen molar-refractivity contribution in [3.8, 4) is 0 Å². The highest BCUT2D eigenvalue weighted by Gasteiger charge is 2.35. The molecule has 0 unspecified atom stereocenters. The van der Waals surface area contributed by atoms with Crippen LogP contribution in [0.2, 0.25) is 10.0 Å². The quantitative estimate of drug-likeness (QED) is 0.657. The Morgan fingerprint density at radius 1 is 0.778 bits per heavy atom. The Hall–Kier alpha value is -2.90. The van der Waals surface area contributed by atoms with Crippen LogP contribution < -0.4 is 21.3 Å². The van der Waals surface area contributed by atoms with Gasteiger partial charge in [0.05, 0.1) is 11.4 Å². The summed E-state index contributed by atoms with van der Waals surface area (Å²) < 4.78 is 4.99. The van der Waals surface area contributed by atoms with Crippen molar-refractivity contribution in [2.24, 2.45) is 11.5 Å². The average Bonchev–Trinajstić information content (AvgIpc) is 3.10.